The number of alkyl halides is 1. The molecule has 1 heterocycles. The number of nitrogens with zero attached hydrogens (tertiary/aromatic N) is 4. The Hall–Kier alpha value is -2.20. The first-order chi connectivity index (χ1) is 9.90. The summed E-state index contributed by atoms with van der Waals surface area (Å²) in [6.45, 7) is -1.03. The zero-order valence-corrected chi connectivity index (χ0v) is 11.0. The van der Waals surface area contributed by atoms with Gasteiger partial charge >= 0.3 is 5.69 Å². The van der Waals surface area contributed by atoms with Gasteiger partial charge in [0.15, 0.2) is 5.72 Å². The van der Waals surface area contributed by atoms with Crippen molar-refractivity contribution in [2.75, 3.05) is 13.3 Å². The average molecular weight is 303 g/mol. The normalized spacial score (nSPS) is 16.6. The van der Waals surface area contributed by atoms with Gasteiger partial charge < -0.3 is 14.9 Å². The molecule has 1 aromatic rings. The number of aromatic amines is 1. The highest BCUT2D eigenvalue weighted by atomic mass is 19.1. The minimum absolute atomic E-state index is 0.629. The van der Waals surface area contributed by atoms with E-state index in [2.05, 4.69) is 10.0 Å². The van der Waals surface area contributed by atoms with Crippen LogP contribution in [0.1, 0.15) is 13.2 Å². The number of halogens is 1. The number of aromatic nitrogens is 2. The molecule has 0 aliphatic heterocycles. The molecule has 0 radical (unpaired) electrons. The quantitative estimate of drug-likeness (QED) is 0.348. The van der Waals surface area contributed by atoms with E-state index in [0.717, 1.165) is 16.8 Å². The van der Waals surface area contributed by atoms with E-state index in [1.54, 1.807) is 0 Å². The lowest BCUT2D eigenvalue weighted by molar-refractivity contribution is -0.192. The Morgan fingerprint density at radius 2 is 2.33 bits per heavy atom. The Labute approximate surface area is 117 Å². The summed E-state index contributed by atoms with van der Waals surface area (Å²) in [5, 5.41) is 21.9. The van der Waals surface area contributed by atoms with Crippen LogP contribution in [0.3, 0.4) is 0 Å². The molecule has 0 aromatic carbocycles. The first-order valence-electron chi connectivity index (χ1n) is 5.80. The number of aliphatic hydroxyl groups is 2. The molecule has 0 aliphatic carbocycles. The summed E-state index contributed by atoms with van der Waals surface area (Å²) >= 11 is 0. The summed E-state index contributed by atoms with van der Waals surface area (Å²) in [5.41, 5.74) is 4.73. The Morgan fingerprint density at radius 1 is 1.67 bits per heavy atom. The lowest BCUT2D eigenvalue weighted by atomic mass is 10.1. The number of ether oxygens (including phenoxy) is 1. The van der Waals surface area contributed by atoms with Gasteiger partial charge in [0, 0.05) is 17.2 Å². The monoisotopic (exact) mass is 303 g/mol. The first kappa shape index (κ1) is 16.9. The molecule has 0 bridgehead atoms. The fraction of sp³-hybridized carbons (Fsp3) is 0.600. The van der Waals surface area contributed by atoms with Crippen LogP contribution in [0, 0.1) is 0 Å². The Kier molecular flexibility index (Phi) is 5.61. The van der Waals surface area contributed by atoms with Crippen molar-refractivity contribution in [1.82, 2.24) is 9.55 Å². The number of rotatable bonds is 7. The van der Waals surface area contributed by atoms with Crippen molar-refractivity contribution in [3.05, 3.63) is 43.5 Å². The van der Waals surface area contributed by atoms with E-state index in [0.29, 0.717) is 0 Å². The minimum atomic E-state index is -2.29. The van der Waals surface area contributed by atoms with Gasteiger partial charge in [-0.1, -0.05) is 5.11 Å². The van der Waals surface area contributed by atoms with E-state index in [1.165, 1.54) is 6.92 Å². The van der Waals surface area contributed by atoms with Crippen LogP contribution in [0.5, 0.6) is 0 Å². The van der Waals surface area contributed by atoms with Crippen LogP contribution in [-0.2, 0) is 4.74 Å². The molecule has 0 amide bonds. The summed E-state index contributed by atoms with van der Waals surface area (Å²) in [7, 11) is 0. The number of nitrogens with one attached hydrogen (secondary N) is 1. The van der Waals surface area contributed by atoms with E-state index in [1.807, 2.05) is 4.98 Å². The van der Waals surface area contributed by atoms with Crippen LogP contribution in [0.4, 0.5) is 4.39 Å². The highest BCUT2D eigenvalue weighted by Crippen LogP contribution is 2.24. The molecule has 3 atom stereocenters. The van der Waals surface area contributed by atoms with E-state index in [-0.39, 0.29) is 0 Å². The summed E-state index contributed by atoms with van der Waals surface area (Å²) in [5.74, 6) is 0. The average Bonchev–Trinajstić information content (AvgIpc) is 2.45. The van der Waals surface area contributed by atoms with Gasteiger partial charge in [0.05, 0.1) is 6.61 Å². The number of H-pyrrole nitrogens is 1. The van der Waals surface area contributed by atoms with E-state index in [9.17, 15) is 24.2 Å². The maximum atomic E-state index is 12.6. The van der Waals surface area contributed by atoms with Crippen molar-refractivity contribution in [3.8, 4) is 0 Å². The SMILES string of the molecule is CC(OC(CO)(N=[N+]=[N-])C(O)CF)n1ccc(=O)[nH]c1=O. The molecule has 3 N–H and O–H groups in total. The van der Waals surface area contributed by atoms with Crippen LogP contribution >= 0.6 is 0 Å². The second kappa shape index (κ2) is 6.99. The second-order valence-electron chi connectivity index (χ2n) is 4.10. The maximum absolute atomic E-state index is 12.6. The lowest BCUT2D eigenvalue weighted by Gasteiger charge is -2.33. The van der Waals surface area contributed by atoms with Gasteiger partial charge in [-0.05, 0) is 12.5 Å². The van der Waals surface area contributed by atoms with E-state index >= 15 is 0 Å². The van der Waals surface area contributed by atoms with Crippen molar-refractivity contribution in [3.63, 3.8) is 0 Å². The van der Waals surface area contributed by atoms with Gasteiger partial charge in [-0.15, -0.1) is 0 Å². The fourth-order valence-corrected chi connectivity index (χ4v) is 1.61. The van der Waals surface area contributed by atoms with Crippen molar-refractivity contribution >= 4 is 0 Å². The molecule has 11 heteroatoms. The number of azide groups is 1. The Morgan fingerprint density at radius 3 is 2.81 bits per heavy atom. The van der Waals surface area contributed by atoms with Gasteiger partial charge in [0.1, 0.15) is 19.0 Å². The third kappa shape index (κ3) is 3.67. The molecule has 0 fully saturated rings. The summed E-state index contributed by atoms with van der Waals surface area (Å²) < 4.78 is 18.7. The molecule has 10 nitrogen and oxygen atoms in total. The third-order valence-corrected chi connectivity index (χ3v) is 2.72. The van der Waals surface area contributed by atoms with Gasteiger partial charge in [0.25, 0.3) is 5.56 Å². The van der Waals surface area contributed by atoms with Crippen LogP contribution in [0.25, 0.3) is 10.4 Å². The largest absolute Gasteiger partial charge is 0.393 e. The molecule has 0 aliphatic rings. The molecule has 0 saturated heterocycles. The van der Waals surface area contributed by atoms with Crippen LogP contribution in [-0.4, -0.2) is 44.9 Å². The van der Waals surface area contributed by atoms with Crippen molar-refractivity contribution in [2.24, 2.45) is 5.11 Å². The molecule has 116 valence electrons. The number of hydrogen-bond donors (Lipinski definition) is 3. The second-order valence-corrected chi connectivity index (χ2v) is 4.10. The molecule has 1 aromatic heterocycles. The standard InChI is InChI=1S/C10H14FN5O5/c1-6(16-3-2-8(19)13-9(16)20)21-10(5-17,14-15-12)7(18)4-11/h2-3,6-7,17-18H,4-5H2,1H3,(H,13,19,20). The number of aliphatic hydroxyl groups excluding tert-OH is 2. The highest BCUT2D eigenvalue weighted by molar-refractivity contribution is 4.88. The number of hydrogen-bond acceptors (Lipinski definition) is 6. The molecule has 1 rings (SSSR count). The lowest BCUT2D eigenvalue weighted by Crippen LogP contribution is -2.49. The van der Waals surface area contributed by atoms with Crippen molar-refractivity contribution < 1.29 is 19.3 Å². The Balaban J connectivity index is 3.16. The molecule has 0 saturated carbocycles. The zero-order chi connectivity index (χ0) is 16.0. The van der Waals surface area contributed by atoms with Gasteiger partial charge in [0.2, 0.25) is 0 Å². The Bertz CT molecular complexity index is 639. The van der Waals surface area contributed by atoms with E-state index in [4.69, 9.17) is 10.3 Å². The first-order valence-corrected chi connectivity index (χ1v) is 5.80. The predicted molar refractivity (Wildman–Crippen MR) is 68.1 cm³/mol. The molecular formula is C10H14FN5O5. The topological polar surface area (TPSA) is 153 Å². The molecular weight excluding hydrogens is 289 g/mol. The van der Waals surface area contributed by atoms with Gasteiger partial charge in [-0.3, -0.25) is 14.3 Å². The van der Waals surface area contributed by atoms with Crippen molar-refractivity contribution in [2.45, 2.75) is 25.0 Å². The fourth-order valence-electron chi connectivity index (χ4n) is 1.61. The summed E-state index contributed by atoms with van der Waals surface area (Å²) in [6.07, 6.45) is -1.99. The van der Waals surface area contributed by atoms with Gasteiger partial charge in [-0.25, -0.2) is 9.18 Å². The van der Waals surface area contributed by atoms with Crippen LogP contribution < -0.4 is 11.2 Å². The third-order valence-electron chi connectivity index (χ3n) is 2.72. The predicted octanol–water partition coefficient (Wildman–Crippen LogP) is -0.599. The molecule has 21 heavy (non-hydrogen) atoms. The zero-order valence-electron chi connectivity index (χ0n) is 11.0. The van der Waals surface area contributed by atoms with Crippen LogP contribution in [0.15, 0.2) is 27.0 Å². The molecule has 3 unspecified atom stereocenters. The summed E-state index contributed by atoms with van der Waals surface area (Å²) in [4.78, 5) is 26.9. The van der Waals surface area contributed by atoms with Crippen molar-refractivity contribution in [1.29, 1.82) is 0 Å². The smallest absolute Gasteiger partial charge is 0.330 e. The molecule has 0 spiro atoms. The van der Waals surface area contributed by atoms with E-state index < -0.39 is 42.6 Å². The highest BCUT2D eigenvalue weighted by Gasteiger charge is 2.40. The summed E-state index contributed by atoms with van der Waals surface area (Å²) in [6, 6.07) is 1.04. The maximum Gasteiger partial charge on any atom is 0.330 e. The van der Waals surface area contributed by atoms with Gasteiger partial charge in [-0.2, -0.15) is 0 Å². The minimum Gasteiger partial charge on any atom is -0.393 e. The van der Waals surface area contributed by atoms with Crippen LogP contribution in [0.2, 0.25) is 0 Å².